The molecule has 1 aromatic carbocycles. The summed E-state index contributed by atoms with van der Waals surface area (Å²) in [5.74, 6) is -0.00451. The molecule has 0 radical (unpaired) electrons. The fourth-order valence-electron chi connectivity index (χ4n) is 3.31. The highest BCUT2D eigenvalue weighted by atomic mass is 16.5. The second-order valence-electron chi connectivity index (χ2n) is 7.55. The number of benzene rings is 1. The maximum atomic E-state index is 12.2. The molecule has 0 aromatic heterocycles. The molecule has 0 heterocycles. The van der Waals surface area contributed by atoms with Gasteiger partial charge in [-0.15, -0.1) is 0 Å². The molecule has 3 N–H and O–H groups in total. The zero-order valence-corrected chi connectivity index (χ0v) is 17.3. The van der Waals surface area contributed by atoms with Crippen molar-refractivity contribution in [2.24, 2.45) is 0 Å². The van der Waals surface area contributed by atoms with Crippen LogP contribution in [0.1, 0.15) is 51.2 Å². The standard InChI is InChI=1S/C21H33N3O4/c1-5-15(4)28-19-9-14(3)7-8-16(19)12-22-21(27)23-17-10-18(11-17)24(6-2)13-20(25)26/h7-9,15,17-18H,5-6,10-13H2,1-4H3,(H,25,26)(H2,22,23,27). The lowest BCUT2D eigenvalue weighted by Gasteiger charge is -2.42. The van der Waals surface area contributed by atoms with Crippen LogP contribution in [0.3, 0.4) is 0 Å². The van der Waals surface area contributed by atoms with E-state index in [1.807, 2.05) is 43.9 Å². The Morgan fingerprint density at radius 1 is 1.32 bits per heavy atom. The average Bonchev–Trinajstić information content (AvgIpc) is 2.61. The van der Waals surface area contributed by atoms with Crippen LogP contribution in [0.4, 0.5) is 4.79 Å². The maximum absolute atomic E-state index is 12.2. The first-order valence-corrected chi connectivity index (χ1v) is 10.1. The van der Waals surface area contributed by atoms with Gasteiger partial charge >= 0.3 is 12.0 Å². The third-order valence-corrected chi connectivity index (χ3v) is 5.27. The monoisotopic (exact) mass is 391 g/mol. The first-order valence-electron chi connectivity index (χ1n) is 10.1. The molecule has 156 valence electrons. The van der Waals surface area contributed by atoms with E-state index in [0.29, 0.717) is 13.1 Å². The molecule has 0 spiro atoms. The van der Waals surface area contributed by atoms with E-state index in [2.05, 4.69) is 17.6 Å². The van der Waals surface area contributed by atoms with E-state index >= 15 is 0 Å². The van der Waals surface area contributed by atoms with Crippen LogP contribution in [0.25, 0.3) is 0 Å². The molecule has 7 heteroatoms. The number of aliphatic carboxylic acids is 1. The Hall–Kier alpha value is -2.28. The maximum Gasteiger partial charge on any atom is 0.317 e. The first kappa shape index (κ1) is 22.0. The lowest BCUT2D eigenvalue weighted by atomic mass is 9.85. The number of carbonyl (C=O) groups is 2. The normalized spacial score (nSPS) is 19.6. The van der Waals surface area contributed by atoms with E-state index in [1.54, 1.807) is 0 Å². The second-order valence-corrected chi connectivity index (χ2v) is 7.55. The Morgan fingerprint density at radius 2 is 2.04 bits per heavy atom. The molecule has 7 nitrogen and oxygen atoms in total. The molecule has 0 saturated heterocycles. The number of carboxylic acids is 1. The number of nitrogens with zero attached hydrogens (tertiary/aromatic N) is 1. The molecular formula is C21H33N3O4. The van der Waals surface area contributed by atoms with Gasteiger partial charge in [0.1, 0.15) is 5.75 Å². The van der Waals surface area contributed by atoms with Gasteiger partial charge in [0.25, 0.3) is 0 Å². The summed E-state index contributed by atoms with van der Waals surface area (Å²) in [5.41, 5.74) is 2.07. The Bertz CT molecular complexity index is 674. The van der Waals surface area contributed by atoms with Gasteiger partial charge in [0.05, 0.1) is 12.6 Å². The molecule has 1 aliphatic carbocycles. The van der Waals surface area contributed by atoms with E-state index in [4.69, 9.17) is 9.84 Å². The quantitative estimate of drug-likeness (QED) is 0.570. The predicted octanol–water partition coefficient (Wildman–Crippen LogP) is 2.91. The number of hydrogen-bond acceptors (Lipinski definition) is 4. The van der Waals surface area contributed by atoms with Crippen molar-refractivity contribution in [1.82, 2.24) is 15.5 Å². The highest BCUT2D eigenvalue weighted by molar-refractivity contribution is 5.74. The Labute approximate surface area is 167 Å². The van der Waals surface area contributed by atoms with Crippen LogP contribution in [0.2, 0.25) is 0 Å². The molecule has 0 aliphatic heterocycles. The molecule has 1 aromatic rings. The lowest BCUT2D eigenvalue weighted by Crippen LogP contribution is -2.56. The average molecular weight is 392 g/mol. The topological polar surface area (TPSA) is 90.9 Å². The zero-order chi connectivity index (χ0) is 20.7. The molecule has 1 saturated carbocycles. The van der Waals surface area contributed by atoms with Gasteiger partial charge in [0.15, 0.2) is 0 Å². The van der Waals surface area contributed by atoms with Gasteiger partial charge in [-0.25, -0.2) is 4.79 Å². The SMILES string of the molecule is CCC(C)Oc1cc(C)ccc1CNC(=O)NC1CC(N(CC)CC(=O)O)C1. The molecule has 2 amide bonds. The summed E-state index contributed by atoms with van der Waals surface area (Å²) in [4.78, 5) is 25.1. The highest BCUT2D eigenvalue weighted by Crippen LogP contribution is 2.26. The van der Waals surface area contributed by atoms with Crippen molar-refractivity contribution in [3.63, 3.8) is 0 Å². The van der Waals surface area contributed by atoms with Gasteiger partial charge in [0.2, 0.25) is 0 Å². The number of carboxylic acid groups (broad SMARTS) is 1. The zero-order valence-electron chi connectivity index (χ0n) is 17.3. The van der Waals surface area contributed by atoms with Crippen molar-refractivity contribution >= 4 is 12.0 Å². The number of aryl methyl sites for hydroxylation is 1. The minimum Gasteiger partial charge on any atom is -0.490 e. The van der Waals surface area contributed by atoms with Gasteiger partial charge in [0, 0.05) is 24.2 Å². The number of urea groups is 1. The molecule has 0 bridgehead atoms. The molecule has 28 heavy (non-hydrogen) atoms. The van der Waals surface area contributed by atoms with Crippen LogP contribution in [0.15, 0.2) is 18.2 Å². The van der Waals surface area contributed by atoms with Crippen molar-refractivity contribution < 1.29 is 19.4 Å². The summed E-state index contributed by atoms with van der Waals surface area (Å²) in [6, 6.07) is 6.09. The Balaban J connectivity index is 1.80. The Kier molecular flexibility index (Phi) is 8.11. The van der Waals surface area contributed by atoms with Crippen LogP contribution in [0.5, 0.6) is 5.75 Å². The van der Waals surface area contributed by atoms with Crippen molar-refractivity contribution in [2.45, 2.75) is 71.7 Å². The number of likely N-dealkylation sites (N-methyl/N-ethyl adjacent to an activating group) is 1. The van der Waals surface area contributed by atoms with Gasteiger partial charge in [-0.3, -0.25) is 9.69 Å². The van der Waals surface area contributed by atoms with Gasteiger partial charge in [-0.2, -0.15) is 0 Å². The Morgan fingerprint density at radius 3 is 2.64 bits per heavy atom. The number of ether oxygens (including phenoxy) is 1. The summed E-state index contributed by atoms with van der Waals surface area (Å²) < 4.78 is 5.98. The minimum absolute atomic E-state index is 0.0481. The molecule has 1 atom stereocenters. The molecule has 2 rings (SSSR count). The fraction of sp³-hybridized carbons (Fsp3) is 0.619. The lowest BCUT2D eigenvalue weighted by molar-refractivity contribution is -0.139. The summed E-state index contributed by atoms with van der Waals surface area (Å²) >= 11 is 0. The van der Waals surface area contributed by atoms with Crippen molar-refractivity contribution in [3.8, 4) is 5.75 Å². The van der Waals surface area contributed by atoms with Crippen LogP contribution in [-0.4, -0.2) is 53.3 Å². The first-order chi connectivity index (χ1) is 13.3. The summed E-state index contributed by atoms with van der Waals surface area (Å²) in [5, 5.41) is 14.8. The van der Waals surface area contributed by atoms with Crippen LogP contribution in [-0.2, 0) is 11.3 Å². The summed E-state index contributed by atoms with van der Waals surface area (Å²) in [6.45, 7) is 9.22. The molecule has 1 unspecified atom stereocenters. The van der Waals surface area contributed by atoms with Crippen LogP contribution >= 0.6 is 0 Å². The van der Waals surface area contributed by atoms with E-state index in [1.165, 1.54) is 0 Å². The third-order valence-electron chi connectivity index (χ3n) is 5.27. The van der Waals surface area contributed by atoms with Crippen molar-refractivity contribution in [1.29, 1.82) is 0 Å². The number of carbonyl (C=O) groups excluding carboxylic acids is 1. The van der Waals surface area contributed by atoms with Crippen molar-refractivity contribution in [2.75, 3.05) is 13.1 Å². The summed E-state index contributed by atoms with van der Waals surface area (Å²) in [6.07, 6.45) is 2.59. The van der Waals surface area contributed by atoms with Crippen molar-refractivity contribution in [3.05, 3.63) is 29.3 Å². The predicted molar refractivity (Wildman–Crippen MR) is 109 cm³/mol. The number of hydrogen-bond donors (Lipinski definition) is 3. The molecular weight excluding hydrogens is 358 g/mol. The van der Waals surface area contributed by atoms with Gasteiger partial charge < -0.3 is 20.5 Å². The number of nitrogens with one attached hydrogen (secondary N) is 2. The minimum atomic E-state index is -0.815. The van der Waals surface area contributed by atoms with E-state index in [0.717, 1.165) is 36.1 Å². The van der Waals surface area contributed by atoms with Gasteiger partial charge in [-0.1, -0.05) is 26.0 Å². The third kappa shape index (κ3) is 6.41. The fourth-order valence-corrected chi connectivity index (χ4v) is 3.31. The van der Waals surface area contributed by atoms with E-state index in [9.17, 15) is 9.59 Å². The van der Waals surface area contributed by atoms with Crippen LogP contribution < -0.4 is 15.4 Å². The second kappa shape index (κ2) is 10.3. The van der Waals surface area contributed by atoms with E-state index in [-0.39, 0.29) is 30.8 Å². The molecule has 1 aliphatic rings. The number of amides is 2. The largest absolute Gasteiger partial charge is 0.490 e. The number of rotatable bonds is 10. The van der Waals surface area contributed by atoms with Gasteiger partial charge in [-0.05, 0) is 51.3 Å². The van der Waals surface area contributed by atoms with E-state index < -0.39 is 5.97 Å². The highest BCUT2D eigenvalue weighted by Gasteiger charge is 2.34. The molecule has 1 fully saturated rings. The smallest absolute Gasteiger partial charge is 0.317 e. The summed E-state index contributed by atoms with van der Waals surface area (Å²) in [7, 11) is 0. The van der Waals surface area contributed by atoms with Crippen LogP contribution in [0, 0.1) is 6.92 Å².